The van der Waals surface area contributed by atoms with Gasteiger partial charge in [-0.15, -0.1) is 0 Å². The van der Waals surface area contributed by atoms with Gasteiger partial charge in [0, 0.05) is 18.4 Å². The molecule has 0 bridgehead atoms. The molecule has 1 unspecified atom stereocenters. The highest BCUT2D eigenvalue weighted by atomic mass is 32.2. The van der Waals surface area contributed by atoms with E-state index >= 15 is 0 Å². The number of amides is 1. The minimum Gasteiger partial charge on any atom is -0.352 e. The number of nitrogens with zero attached hydrogens (tertiary/aromatic N) is 1. The van der Waals surface area contributed by atoms with E-state index in [-0.39, 0.29) is 11.9 Å². The molecule has 2 rings (SSSR count). The van der Waals surface area contributed by atoms with Crippen LogP contribution in [0.2, 0.25) is 0 Å². The lowest BCUT2D eigenvalue weighted by Crippen LogP contribution is -2.33. The third kappa shape index (κ3) is 3.04. The Balaban J connectivity index is 1.98. The molecular weight excluding hydrogens is 220 g/mol. The minimum absolute atomic E-state index is 0.0388. The largest absolute Gasteiger partial charge is 0.352 e. The van der Waals surface area contributed by atoms with Crippen LogP contribution in [0.3, 0.4) is 0 Å². The lowest BCUT2D eigenvalue weighted by molar-refractivity contribution is -0.124. The summed E-state index contributed by atoms with van der Waals surface area (Å²) < 4.78 is 2.01. The van der Waals surface area contributed by atoms with Crippen LogP contribution in [0.15, 0.2) is 24.5 Å². The summed E-state index contributed by atoms with van der Waals surface area (Å²) in [4.78, 5) is 12.1. The molecule has 1 aromatic rings. The number of aromatic nitrogens is 1. The van der Waals surface area contributed by atoms with E-state index in [9.17, 15) is 4.79 Å². The van der Waals surface area contributed by atoms with E-state index in [0.29, 0.717) is 6.04 Å². The molecule has 1 heterocycles. The predicted molar refractivity (Wildman–Crippen MR) is 67.6 cm³/mol. The molecule has 88 valence electrons. The van der Waals surface area contributed by atoms with Crippen LogP contribution in [-0.2, 0) is 4.79 Å². The SMILES string of the molecule is CSCCC(C(=O)NC1CC1)n1cccc1. The van der Waals surface area contributed by atoms with Crippen molar-refractivity contribution in [3.8, 4) is 0 Å². The average molecular weight is 238 g/mol. The zero-order chi connectivity index (χ0) is 11.4. The van der Waals surface area contributed by atoms with Crippen LogP contribution in [0, 0.1) is 0 Å². The molecule has 1 aliphatic carbocycles. The van der Waals surface area contributed by atoms with Crippen molar-refractivity contribution in [1.29, 1.82) is 0 Å². The number of nitrogens with one attached hydrogen (secondary N) is 1. The molecule has 0 aromatic carbocycles. The topological polar surface area (TPSA) is 34.0 Å². The Morgan fingerprint density at radius 3 is 2.75 bits per heavy atom. The van der Waals surface area contributed by atoms with Crippen molar-refractivity contribution in [2.75, 3.05) is 12.0 Å². The third-order valence-corrected chi connectivity index (χ3v) is 3.45. The van der Waals surface area contributed by atoms with E-state index < -0.39 is 0 Å². The summed E-state index contributed by atoms with van der Waals surface area (Å²) in [6.07, 6.45) is 9.20. The van der Waals surface area contributed by atoms with Gasteiger partial charge in [-0.05, 0) is 43.4 Å². The number of carbonyl (C=O) groups excluding carboxylic acids is 1. The zero-order valence-corrected chi connectivity index (χ0v) is 10.4. The fraction of sp³-hybridized carbons (Fsp3) is 0.583. The summed E-state index contributed by atoms with van der Waals surface area (Å²) in [7, 11) is 0. The highest BCUT2D eigenvalue weighted by Gasteiger charge is 2.27. The highest BCUT2D eigenvalue weighted by Crippen LogP contribution is 2.21. The summed E-state index contributed by atoms with van der Waals surface area (Å²) in [5, 5.41) is 3.08. The van der Waals surface area contributed by atoms with Crippen molar-refractivity contribution in [2.24, 2.45) is 0 Å². The first-order chi connectivity index (χ1) is 7.81. The predicted octanol–water partition coefficient (Wildman–Crippen LogP) is 2.06. The van der Waals surface area contributed by atoms with Crippen LogP contribution in [0.1, 0.15) is 25.3 Å². The standard InChI is InChI=1S/C12H18N2OS/c1-16-9-6-11(14-7-2-3-8-14)12(15)13-10-4-5-10/h2-3,7-8,10-11H,4-6,9H2,1H3,(H,13,15). The van der Waals surface area contributed by atoms with E-state index in [1.165, 1.54) is 0 Å². The van der Waals surface area contributed by atoms with Crippen molar-refractivity contribution in [1.82, 2.24) is 9.88 Å². The van der Waals surface area contributed by atoms with Crippen molar-refractivity contribution < 1.29 is 4.79 Å². The Morgan fingerprint density at radius 2 is 2.19 bits per heavy atom. The van der Waals surface area contributed by atoms with Gasteiger partial charge in [0.15, 0.2) is 0 Å². The maximum Gasteiger partial charge on any atom is 0.243 e. The van der Waals surface area contributed by atoms with E-state index in [1.807, 2.05) is 29.1 Å². The van der Waals surface area contributed by atoms with Crippen molar-refractivity contribution in [3.63, 3.8) is 0 Å². The van der Waals surface area contributed by atoms with Gasteiger partial charge in [0.2, 0.25) is 5.91 Å². The lowest BCUT2D eigenvalue weighted by Gasteiger charge is -2.18. The summed E-state index contributed by atoms with van der Waals surface area (Å²) in [5.41, 5.74) is 0. The first-order valence-electron chi connectivity index (χ1n) is 5.73. The molecule has 1 N–H and O–H groups in total. The van der Waals surface area contributed by atoms with Gasteiger partial charge in [0.25, 0.3) is 0 Å². The van der Waals surface area contributed by atoms with Gasteiger partial charge in [-0.1, -0.05) is 0 Å². The van der Waals surface area contributed by atoms with Gasteiger partial charge in [0.05, 0.1) is 0 Å². The first-order valence-corrected chi connectivity index (χ1v) is 7.12. The van der Waals surface area contributed by atoms with Gasteiger partial charge in [-0.3, -0.25) is 4.79 Å². The number of hydrogen-bond donors (Lipinski definition) is 1. The maximum atomic E-state index is 12.1. The molecule has 1 fully saturated rings. The molecule has 1 aromatic heterocycles. The summed E-state index contributed by atoms with van der Waals surface area (Å²) in [6.45, 7) is 0. The molecule has 1 atom stereocenters. The van der Waals surface area contributed by atoms with Crippen LogP contribution in [0.4, 0.5) is 0 Å². The van der Waals surface area contributed by atoms with Gasteiger partial charge < -0.3 is 9.88 Å². The molecule has 0 radical (unpaired) electrons. The van der Waals surface area contributed by atoms with Crippen molar-refractivity contribution in [2.45, 2.75) is 31.3 Å². The summed E-state index contributed by atoms with van der Waals surface area (Å²) >= 11 is 1.79. The summed E-state index contributed by atoms with van der Waals surface area (Å²) in [5.74, 6) is 1.19. The van der Waals surface area contributed by atoms with Crippen molar-refractivity contribution in [3.05, 3.63) is 24.5 Å². The van der Waals surface area contributed by atoms with Crippen molar-refractivity contribution >= 4 is 17.7 Å². The van der Waals surface area contributed by atoms with E-state index in [4.69, 9.17) is 0 Å². The van der Waals surface area contributed by atoms with E-state index in [2.05, 4.69) is 11.6 Å². The fourth-order valence-electron chi connectivity index (χ4n) is 1.73. The number of hydrogen-bond acceptors (Lipinski definition) is 2. The lowest BCUT2D eigenvalue weighted by atomic mass is 10.2. The second-order valence-corrected chi connectivity index (χ2v) is 5.20. The first kappa shape index (κ1) is 11.6. The fourth-order valence-corrected chi connectivity index (χ4v) is 2.18. The Hall–Kier alpha value is -0.900. The molecule has 16 heavy (non-hydrogen) atoms. The normalized spacial score (nSPS) is 17.1. The molecular formula is C12H18N2OS. The third-order valence-electron chi connectivity index (χ3n) is 2.81. The smallest absolute Gasteiger partial charge is 0.243 e. The van der Waals surface area contributed by atoms with Gasteiger partial charge in [0.1, 0.15) is 6.04 Å². The summed E-state index contributed by atoms with van der Waals surface area (Å²) in [6, 6.07) is 4.34. The monoisotopic (exact) mass is 238 g/mol. The second-order valence-electron chi connectivity index (χ2n) is 4.21. The molecule has 1 aliphatic rings. The maximum absolute atomic E-state index is 12.1. The highest BCUT2D eigenvalue weighted by molar-refractivity contribution is 7.98. The molecule has 0 spiro atoms. The zero-order valence-electron chi connectivity index (χ0n) is 9.56. The molecule has 3 nitrogen and oxygen atoms in total. The van der Waals surface area contributed by atoms with Crippen LogP contribution < -0.4 is 5.32 Å². The van der Waals surface area contributed by atoms with E-state index in [0.717, 1.165) is 25.0 Å². The molecule has 1 amide bonds. The molecule has 4 heteroatoms. The second kappa shape index (κ2) is 5.43. The number of rotatable bonds is 6. The Morgan fingerprint density at radius 1 is 1.50 bits per heavy atom. The molecule has 0 saturated heterocycles. The van der Waals surface area contributed by atoms with Crippen LogP contribution in [0.5, 0.6) is 0 Å². The van der Waals surface area contributed by atoms with Gasteiger partial charge in [-0.2, -0.15) is 11.8 Å². The van der Waals surface area contributed by atoms with Crippen LogP contribution in [0.25, 0.3) is 0 Å². The Kier molecular flexibility index (Phi) is 3.93. The van der Waals surface area contributed by atoms with Gasteiger partial charge in [-0.25, -0.2) is 0 Å². The quantitative estimate of drug-likeness (QED) is 0.823. The van der Waals surface area contributed by atoms with Crippen LogP contribution >= 0.6 is 11.8 Å². The molecule has 0 aliphatic heterocycles. The Bertz CT molecular complexity index is 333. The van der Waals surface area contributed by atoms with Gasteiger partial charge >= 0.3 is 0 Å². The minimum atomic E-state index is -0.0388. The van der Waals surface area contributed by atoms with E-state index in [1.54, 1.807) is 11.8 Å². The number of carbonyl (C=O) groups is 1. The number of thioether (sulfide) groups is 1. The average Bonchev–Trinajstić information content (AvgIpc) is 2.93. The van der Waals surface area contributed by atoms with Crippen LogP contribution in [-0.4, -0.2) is 28.5 Å². The molecule has 1 saturated carbocycles. The Labute approximate surface area is 101 Å².